The van der Waals surface area contributed by atoms with Crippen LogP contribution in [0, 0.1) is 5.41 Å². The molecule has 2 heterocycles. The van der Waals surface area contributed by atoms with Crippen LogP contribution in [0.15, 0.2) is 24.5 Å². The Hall–Kier alpha value is -1.84. The van der Waals surface area contributed by atoms with Crippen LogP contribution < -0.4 is 10.6 Å². The van der Waals surface area contributed by atoms with Crippen molar-refractivity contribution < 1.29 is 0 Å². The molecule has 1 fully saturated rings. The molecule has 20 heavy (non-hydrogen) atoms. The van der Waals surface area contributed by atoms with Crippen molar-refractivity contribution >= 4 is 22.4 Å². The van der Waals surface area contributed by atoms with Crippen LogP contribution >= 0.6 is 0 Å². The SMILES string of the molecule is CCC1(CC)CCN(c2ncnc3cc(N)ccc23)C1. The summed E-state index contributed by atoms with van der Waals surface area (Å²) in [4.78, 5) is 11.3. The highest BCUT2D eigenvalue weighted by atomic mass is 15.2. The average Bonchev–Trinajstić information content (AvgIpc) is 2.91. The fourth-order valence-electron chi connectivity index (χ4n) is 3.25. The van der Waals surface area contributed by atoms with Gasteiger partial charge in [0.1, 0.15) is 12.1 Å². The van der Waals surface area contributed by atoms with Crippen molar-refractivity contribution in [3.05, 3.63) is 24.5 Å². The number of hydrogen-bond donors (Lipinski definition) is 1. The molecule has 1 aromatic carbocycles. The number of benzene rings is 1. The molecule has 3 rings (SSSR count). The number of hydrogen-bond acceptors (Lipinski definition) is 4. The van der Waals surface area contributed by atoms with Crippen LogP contribution in [-0.2, 0) is 0 Å². The fourth-order valence-corrected chi connectivity index (χ4v) is 3.25. The van der Waals surface area contributed by atoms with Gasteiger partial charge < -0.3 is 10.6 Å². The van der Waals surface area contributed by atoms with Gasteiger partial charge >= 0.3 is 0 Å². The largest absolute Gasteiger partial charge is 0.399 e. The number of nitrogen functional groups attached to an aromatic ring is 1. The topological polar surface area (TPSA) is 55.0 Å². The molecule has 0 spiro atoms. The molecule has 0 amide bonds. The van der Waals surface area contributed by atoms with E-state index in [9.17, 15) is 0 Å². The monoisotopic (exact) mass is 270 g/mol. The van der Waals surface area contributed by atoms with Gasteiger partial charge in [-0.3, -0.25) is 0 Å². The van der Waals surface area contributed by atoms with Crippen molar-refractivity contribution in [3.63, 3.8) is 0 Å². The lowest BCUT2D eigenvalue weighted by atomic mass is 9.82. The third-order valence-electron chi connectivity index (χ3n) is 4.88. The van der Waals surface area contributed by atoms with Crippen LogP contribution in [0.25, 0.3) is 10.9 Å². The van der Waals surface area contributed by atoms with E-state index >= 15 is 0 Å². The Kier molecular flexibility index (Phi) is 3.24. The number of fused-ring (bicyclic) bond motifs is 1. The standard InChI is InChI=1S/C16H22N4/c1-3-16(4-2)7-8-20(10-16)15-13-6-5-12(17)9-14(13)18-11-19-15/h5-6,9,11H,3-4,7-8,10,17H2,1-2H3. The highest BCUT2D eigenvalue weighted by molar-refractivity contribution is 5.91. The highest BCUT2D eigenvalue weighted by Gasteiger charge is 2.35. The van der Waals surface area contributed by atoms with E-state index in [2.05, 4.69) is 28.7 Å². The molecule has 0 radical (unpaired) electrons. The second-order valence-electron chi connectivity index (χ2n) is 5.85. The van der Waals surface area contributed by atoms with Gasteiger partial charge in [0.2, 0.25) is 0 Å². The van der Waals surface area contributed by atoms with Gasteiger partial charge in [-0.05, 0) is 42.9 Å². The third kappa shape index (κ3) is 2.09. The van der Waals surface area contributed by atoms with Gasteiger partial charge in [-0.15, -0.1) is 0 Å². The fraction of sp³-hybridized carbons (Fsp3) is 0.500. The number of nitrogens with zero attached hydrogens (tertiary/aromatic N) is 3. The van der Waals surface area contributed by atoms with Gasteiger partial charge in [0, 0.05) is 24.2 Å². The molecule has 4 nitrogen and oxygen atoms in total. The first-order valence-electron chi connectivity index (χ1n) is 7.42. The smallest absolute Gasteiger partial charge is 0.139 e. The van der Waals surface area contributed by atoms with Crippen molar-refractivity contribution in [3.8, 4) is 0 Å². The molecule has 106 valence electrons. The first kappa shape index (κ1) is 13.2. The molecule has 0 atom stereocenters. The number of anilines is 2. The van der Waals surface area contributed by atoms with E-state index in [1.54, 1.807) is 6.33 Å². The molecule has 0 saturated carbocycles. The van der Waals surface area contributed by atoms with Crippen molar-refractivity contribution in [2.24, 2.45) is 5.41 Å². The summed E-state index contributed by atoms with van der Waals surface area (Å²) >= 11 is 0. The molecule has 0 aliphatic carbocycles. The van der Waals surface area contributed by atoms with Crippen LogP contribution in [0.3, 0.4) is 0 Å². The Bertz CT molecular complexity index is 619. The number of rotatable bonds is 3. The second-order valence-corrected chi connectivity index (χ2v) is 5.85. The van der Waals surface area contributed by atoms with E-state index in [4.69, 9.17) is 5.73 Å². The van der Waals surface area contributed by atoms with Crippen LogP contribution in [0.5, 0.6) is 0 Å². The molecular weight excluding hydrogens is 248 g/mol. The maximum Gasteiger partial charge on any atom is 0.139 e. The Morgan fingerprint density at radius 1 is 1.25 bits per heavy atom. The predicted octanol–water partition coefficient (Wildman–Crippen LogP) is 3.23. The summed E-state index contributed by atoms with van der Waals surface area (Å²) in [6.45, 7) is 6.77. The van der Waals surface area contributed by atoms with Crippen molar-refractivity contribution in [1.29, 1.82) is 0 Å². The Morgan fingerprint density at radius 2 is 2.05 bits per heavy atom. The lowest BCUT2D eigenvalue weighted by Crippen LogP contribution is -2.26. The molecule has 0 unspecified atom stereocenters. The summed E-state index contributed by atoms with van der Waals surface area (Å²) in [6, 6.07) is 5.89. The maximum absolute atomic E-state index is 5.84. The Morgan fingerprint density at radius 3 is 2.75 bits per heavy atom. The summed E-state index contributed by atoms with van der Waals surface area (Å²) in [7, 11) is 0. The zero-order valence-corrected chi connectivity index (χ0v) is 12.3. The second kappa shape index (κ2) is 4.93. The quantitative estimate of drug-likeness (QED) is 0.870. The van der Waals surface area contributed by atoms with Gasteiger partial charge in [-0.25, -0.2) is 9.97 Å². The zero-order valence-electron chi connectivity index (χ0n) is 12.3. The minimum Gasteiger partial charge on any atom is -0.399 e. The van der Waals surface area contributed by atoms with Crippen molar-refractivity contribution in [1.82, 2.24) is 9.97 Å². The molecule has 1 aromatic heterocycles. The first-order valence-corrected chi connectivity index (χ1v) is 7.42. The summed E-state index contributed by atoms with van der Waals surface area (Å²) in [5, 5.41) is 1.10. The van der Waals surface area contributed by atoms with E-state index in [1.165, 1.54) is 19.3 Å². The van der Waals surface area contributed by atoms with E-state index in [0.29, 0.717) is 5.41 Å². The van der Waals surface area contributed by atoms with Gasteiger partial charge in [0.25, 0.3) is 0 Å². The molecule has 1 aliphatic heterocycles. The molecule has 2 N–H and O–H groups in total. The summed E-state index contributed by atoms with van der Waals surface area (Å²) in [5.74, 6) is 1.05. The van der Waals surface area contributed by atoms with Crippen molar-refractivity contribution in [2.75, 3.05) is 23.7 Å². The van der Waals surface area contributed by atoms with E-state index in [0.717, 1.165) is 35.5 Å². The lowest BCUT2D eigenvalue weighted by molar-refractivity contribution is 0.301. The number of aromatic nitrogens is 2. The zero-order chi connectivity index (χ0) is 14.2. The van der Waals surface area contributed by atoms with Gasteiger partial charge in [0.15, 0.2) is 0 Å². The van der Waals surface area contributed by atoms with Crippen LogP contribution in [0.2, 0.25) is 0 Å². The lowest BCUT2D eigenvalue weighted by Gasteiger charge is -2.27. The summed E-state index contributed by atoms with van der Waals surface area (Å²) in [5.41, 5.74) is 7.97. The van der Waals surface area contributed by atoms with Crippen molar-refractivity contribution in [2.45, 2.75) is 33.1 Å². The average molecular weight is 270 g/mol. The van der Waals surface area contributed by atoms with E-state index in [1.807, 2.05) is 18.2 Å². The first-order chi connectivity index (χ1) is 9.67. The molecule has 4 heteroatoms. The Labute approximate surface area is 120 Å². The predicted molar refractivity (Wildman–Crippen MR) is 83.8 cm³/mol. The van der Waals surface area contributed by atoms with Crippen LogP contribution in [0.4, 0.5) is 11.5 Å². The van der Waals surface area contributed by atoms with Crippen LogP contribution in [-0.4, -0.2) is 23.1 Å². The summed E-state index contributed by atoms with van der Waals surface area (Å²) in [6.07, 6.45) is 5.36. The van der Waals surface area contributed by atoms with Gasteiger partial charge in [0.05, 0.1) is 5.52 Å². The highest BCUT2D eigenvalue weighted by Crippen LogP contribution is 2.39. The normalized spacial score (nSPS) is 17.8. The van der Waals surface area contributed by atoms with E-state index in [-0.39, 0.29) is 0 Å². The van der Waals surface area contributed by atoms with Crippen LogP contribution in [0.1, 0.15) is 33.1 Å². The Balaban J connectivity index is 1.99. The third-order valence-corrected chi connectivity index (χ3v) is 4.88. The molecule has 0 bridgehead atoms. The minimum absolute atomic E-state index is 0.449. The molecule has 1 aliphatic rings. The van der Waals surface area contributed by atoms with E-state index < -0.39 is 0 Å². The van der Waals surface area contributed by atoms with Gasteiger partial charge in [-0.1, -0.05) is 13.8 Å². The molecule has 1 saturated heterocycles. The van der Waals surface area contributed by atoms with Gasteiger partial charge in [-0.2, -0.15) is 0 Å². The maximum atomic E-state index is 5.84. The summed E-state index contributed by atoms with van der Waals surface area (Å²) < 4.78 is 0. The minimum atomic E-state index is 0.449. The molecular formula is C16H22N4. The number of nitrogens with two attached hydrogens (primary N) is 1. The molecule has 2 aromatic rings.